The summed E-state index contributed by atoms with van der Waals surface area (Å²) in [6.07, 6.45) is 1.24. The van der Waals surface area contributed by atoms with Gasteiger partial charge in [0.05, 0.1) is 6.42 Å². The maximum Gasteiger partial charge on any atom is 0.258 e. The number of likely N-dealkylation sites (tertiary alicyclic amines) is 1. The van der Waals surface area contributed by atoms with Crippen LogP contribution >= 0.6 is 0 Å². The molecule has 2 aromatic rings. The fourth-order valence-electron chi connectivity index (χ4n) is 2.47. The van der Waals surface area contributed by atoms with Crippen molar-refractivity contribution in [2.45, 2.75) is 18.9 Å². The van der Waals surface area contributed by atoms with Crippen molar-refractivity contribution in [3.63, 3.8) is 0 Å². The molecule has 0 unspecified atom stereocenters. The Bertz CT molecular complexity index is 647. The molecular formula is C14H14N2O3. The number of aromatic nitrogens is 1. The molecule has 1 aromatic carbocycles. The summed E-state index contributed by atoms with van der Waals surface area (Å²) in [7, 11) is 0. The molecule has 98 valence electrons. The summed E-state index contributed by atoms with van der Waals surface area (Å²) >= 11 is 0. The number of para-hydroxylation sites is 1. The molecule has 2 N–H and O–H groups in total. The molecule has 0 aliphatic carbocycles. The van der Waals surface area contributed by atoms with Crippen molar-refractivity contribution in [1.29, 1.82) is 0 Å². The van der Waals surface area contributed by atoms with Crippen LogP contribution in [0, 0.1) is 0 Å². The number of nitrogens with one attached hydrogen (secondary N) is 1. The number of benzene rings is 1. The van der Waals surface area contributed by atoms with Crippen molar-refractivity contribution in [2.75, 3.05) is 6.54 Å². The summed E-state index contributed by atoms with van der Waals surface area (Å²) in [5.41, 5.74) is 2.11. The minimum Gasteiger partial charge on any atom is -0.383 e. The van der Waals surface area contributed by atoms with E-state index in [9.17, 15) is 14.7 Å². The molecular weight excluding hydrogens is 244 g/mol. The minimum atomic E-state index is -1.16. The maximum absolute atomic E-state index is 11.6. The summed E-state index contributed by atoms with van der Waals surface area (Å²) in [5, 5.41) is 10.4. The van der Waals surface area contributed by atoms with Gasteiger partial charge in [0.1, 0.15) is 6.10 Å². The molecule has 3 rings (SSSR count). The Morgan fingerprint density at radius 3 is 2.84 bits per heavy atom. The third kappa shape index (κ3) is 2.02. The second kappa shape index (κ2) is 4.51. The van der Waals surface area contributed by atoms with E-state index in [2.05, 4.69) is 4.98 Å². The molecule has 0 spiro atoms. The third-order valence-electron chi connectivity index (χ3n) is 3.50. The molecule has 1 fully saturated rings. The lowest BCUT2D eigenvalue weighted by Crippen LogP contribution is -2.33. The normalized spacial score (nSPS) is 19.6. The van der Waals surface area contributed by atoms with Crippen molar-refractivity contribution in [3.8, 4) is 0 Å². The highest BCUT2D eigenvalue weighted by Gasteiger charge is 2.36. The number of aliphatic hydroxyl groups is 1. The van der Waals surface area contributed by atoms with Crippen LogP contribution in [-0.4, -0.2) is 39.5 Å². The number of carbonyl (C=O) groups is 2. The largest absolute Gasteiger partial charge is 0.383 e. The van der Waals surface area contributed by atoms with Crippen LogP contribution in [0.1, 0.15) is 12.0 Å². The first-order valence-electron chi connectivity index (χ1n) is 6.24. The average Bonchev–Trinajstić information content (AvgIpc) is 2.91. The number of fused-ring (bicyclic) bond motifs is 1. The van der Waals surface area contributed by atoms with Gasteiger partial charge in [-0.3, -0.25) is 14.5 Å². The Hall–Kier alpha value is -2.14. The average molecular weight is 258 g/mol. The van der Waals surface area contributed by atoms with Crippen molar-refractivity contribution in [1.82, 2.24) is 9.88 Å². The number of amides is 2. The fourth-order valence-corrected chi connectivity index (χ4v) is 2.47. The number of nitrogens with zero attached hydrogens (tertiary/aromatic N) is 1. The Balaban J connectivity index is 1.76. The Morgan fingerprint density at radius 1 is 1.32 bits per heavy atom. The summed E-state index contributed by atoms with van der Waals surface area (Å²) in [6, 6.07) is 7.89. The van der Waals surface area contributed by atoms with Crippen LogP contribution < -0.4 is 0 Å². The number of rotatable bonds is 3. The predicted octanol–water partition coefficient (Wildman–Crippen LogP) is 0.830. The van der Waals surface area contributed by atoms with Crippen LogP contribution in [0.3, 0.4) is 0 Å². The molecule has 1 aliphatic rings. The quantitative estimate of drug-likeness (QED) is 0.801. The number of aromatic amines is 1. The van der Waals surface area contributed by atoms with Gasteiger partial charge < -0.3 is 10.1 Å². The first-order chi connectivity index (χ1) is 9.16. The zero-order valence-corrected chi connectivity index (χ0v) is 10.3. The Morgan fingerprint density at radius 2 is 2.11 bits per heavy atom. The number of hydrogen-bond donors (Lipinski definition) is 2. The van der Waals surface area contributed by atoms with E-state index in [1.165, 1.54) is 0 Å². The zero-order chi connectivity index (χ0) is 13.4. The first kappa shape index (κ1) is 11.9. The molecule has 5 heteroatoms. The van der Waals surface area contributed by atoms with Crippen LogP contribution in [0.4, 0.5) is 0 Å². The molecule has 2 amide bonds. The van der Waals surface area contributed by atoms with Gasteiger partial charge in [0.2, 0.25) is 5.91 Å². The van der Waals surface area contributed by atoms with E-state index in [4.69, 9.17) is 0 Å². The van der Waals surface area contributed by atoms with E-state index < -0.39 is 12.0 Å². The SMILES string of the molecule is O=C1C[C@H](O)C(=O)N1CCc1c[nH]c2ccccc12. The highest BCUT2D eigenvalue weighted by molar-refractivity contribution is 6.04. The molecule has 0 saturated carbocycles. The number of H-pyrrole nitrogens is 1. The fraction of sp³-hybridized carbons (Fsp3) is 0.286. The van der Waals surface area contributed by atoms with Gasteiger partial charge in [-0.1, -0.05) is 18.2 Å². The van der Waals surface area contributed by atoms with E-state index in [0.717, 1.165) is 21.4 Å². The standard InChI is InChI=1S/C14H14N2O3/c17-12-7-13(18)16(14(12)19)6-5-9-8-15-11-4-2-1-3-10(9)11/h1-4,8,12,15,17H,5-7H2/t12-/m0/s1. The smallest absolute Gasteiger partial charge is 0.258 e. The van der Waals surface area contributed by atoms with Gasteiger partial charge in [0, 0.05) is 23.6 Å². The lowest BCUT2D eigenvalue weighted by molar-refractivity contribution is -0.140. The molecule has 19 heavy (non-hydrogen) atoms. The minimum absolute atomic E-state index is 0.0906. The second-order valence-electron chi connectivity index (χ2n) is 4.71. The lowest BCUT2D eigenvalue weighted by atomic mass is 10.1. The molecule has 2 heterocycles. The van der Waals surface area contributed by atoms with E-state index in [1.54, 1.807) is 0 Å². The third-order valence-corrected chi connectivity index (χ3v) is 3.50. The van der Waals surface area contributed by atoms with Crippen LogP contribution in [0.15, 0.2) is 30.5 Å². The van der Waals surface area contributed by atoms with E-state index in [1.807, 2.05) is 30.5 Å². The van der Waals surface area contributed by atoms with Gasteiger partial charge in [-0.25, -0.2) is 0 Å². The molecule has 1 saturated heterocycles. The van der Waals surface area contributed by atoms with Gasteiger partial charge in [0.25, 0.3) is 5.91 Å². The Kier molecular flexibility index (Phi) is 2.83. The predicted molar refractivity (Wildman–Crippen MR) is 69.3 cm³/mol. The number of hydrogen-bond acceptors (Lipinski definition) is 3. The second-order valence-corrected chi connectivity index (χ2v) is 4.71. The van der Waals surface area contributed by atoms with Crippen molar-refractivity contribution in [2.24, 2.45) is 0 Å². The molecule has 0 bridgehead atoms. The van der Waals surface area contributed by atoms with Crippen molar-refractivity contribution >= 4 is 22.7 Å². The van der Waals surface area contributed by atoms with Crippen LogP contribution in [0.5, 0.6) is 0 Å². The van der Waals surface area contributed by atoms with E-state index >= 15 is 0 Å². The number of carbonyl (C=O) groups excluding carboxylic acids is 2. The van der Waals surface area contributed by atoms with Gasteiger partial charge in [-0.05, 0) is 18.1 Å². The highest BCUT2D eigenvalue weighted by Crippen LogP contribution is 2.20. The van der Waals surface area contributed by atoms with Gasteiger partial charge >= 0.3 is 0 Å². The lowest BCUT2D eigenvalue weighted by Gasteiger charge is -2.13. The van der Waals surface area contributed by atoms with Crippen molar-refractivity contribution < 1.29 is 14.7 Å². The zero-order valence-electron chi connectivity index (χ0n) is 10.3. The number of imide groups is 1. The maximum atomic E-state index is 11.6. The molecule has 0 radical (unpaired) electrons. The van der Waals surface area contributed by atoms with Gasteiger partial charge in [-0.15, -0.1) is 0 Å². The van der Waals surface area contributed by atoms with Gasteiger partial charge in [0.15, 0.2) is 0 Å². The highest BCUT2D eigenvalue weighted by atomic mass is 16.3. The van der Waals surface area contributed by atoms with E-state index in [-0.39, 0.29) is 12.3 Å². The summed E-state index contributed by atoms with van der Waals surface area (Å²) in [4.78, 5) is 27.4. The van der Waals surface area contributed by atoms with E-state index in [0.29, 0.717) is 13.0 Å². The van der Waals surface area contributed by atoms with Crippen LogP contribution in [-0.2, 0) is 16.0 Å². The van der Waals surface area contributed by atoms with Crippen molar-refractivity contribution in [3.05, 3.63) is 36.0 Å². The Labute approximate surface area is 109 Å². The van der Waals surface area contributed by atoms with Gasteiger partial charge in [-0.2, -0.15) is 0 Å². The summed E-state index contributed by atoms with van der Waals surface area (Å²) in [5.74, 6) is -0.776. The summed E-state index contributed by atoms with van der Waals surface area (Å²) < 4.78 is 0. The number of aliphatic hydroxyl groups excluding tert-OH is 1. The van der Waals surface area contributed by atoms with Crippen LogP contribution in [0.25, 0.3) is 10.9 Å². The molecule has 5 nitrogen and oxygen atoms in total. The monoisotopic (exact) mass is 258 g/mol. The topological polar surface area (TPSA) is 73.4 Å². The first-order valence-corrected chi connectivity index (χ1v) is 6.24. The molecule has 1 aromatic heterocycles. The summed E-state index contributed by atoms with van der Waals surface area (Å²) in [6.45, 7) is 0.316. The molecule has 1 atom stereocenters. The molecule has 1 aliphatic heterocycles. The van der Waals surface area contributed by atoms with Crippen LogP contribution in [0.2, 0.25) is 0 Å².